The molecular formula is C34H45FN2O4. The van der Waals surface area contributed by atoms with Crippen molar-refractivity contribution in [3.05, 3.63) is 94.2 Å². The first-order chi connectivity index (χ1) is 19.8. The van der Waals surface area contributed by atoms with Crippen LogP contribution in [-0.4, -0.2) is 68.5 Å². The quantitative estimate of drug-likeness (QED) is 0.311. The highest BCUT2D eigenvalue weighted by atomic mass is 19.1. The van der Waals surface area contributed by atoms with Crippen LogP contribution in [0.25, 0.3) is 0 Å². The van der Waals surface area contributed by atoms with Crippen LogP contribution in [0.2, 0.25) is 0 Å². The molecule has 0 aliphatic heterocycles. The van der Waals surface area contributed by atoms with Crippen molar-refractivity contribution in [2.24, 2.45) is 5.92 Å². The van der Waals surface area contributed by atoms with Crippen LogP contribution in [-0.2, 0) is 28.9 Å². The van der Waals surface area contributed by atoms with Crippen LogP contribution >= 0.6 is 0 Å². The SMILES string of the molecule is COCCN(C)CCOc1ccc(CN(C2=C(C3CCc4cc(O)ccc4C3)CC=CC(OC)=C2)C(C)C)cc1F. The van der Waals surface area contributed by atoms with E-state index in [-0.39, 0.29) is 17.6 Å². The number of halogens is 1. The number of aryl methyl sites for hydroxylation is 1. The van der Waals surface area contributed by atoms with Crippen LogP contribution in [0.1, 0.15) is 43.4 Å². The van der Waals surface area contributed by atoms with Crippen LogP contribution in [0, 0.1) is 11.7 Å². The average Bonchev–Trinajstić information content (AvgIpc) is 3.18. The molecule has 0 saturated carbocycles. The van der Waals surface area contributed by atoms with Gasteiger partial charge in [0.05, 0.1) is 13.7 Å². The first kappa shape index (κ1) is 30.7. The van der Waals surface area contributed by atoms with Crippen molar-refractivity contribution in [1.29, 1.82) is 0 Å². The first-order valence-electron chi connectivity index (χ1n) is 14.6. The van der Waals surface area contributed by atoms with E-state index in [1.807, 2.05) is 25.3 Å². The summed E-state index contributed by atoms with van der Waals surface area (Å²) in [6.45, 7) is 7.48. The van der Waals surface area contributed by atoms with E-state index < -0.39 is 0 Å². The Morgan fingerprint density at radius 3 is 2.59 bits per heavy atom. The van der Waals surface area contributed by atoms with Crippen LogP contribution in [0.3, 0.4) is 0 Å². The van der Waals surface area contributed by atoms with E-state index >= 15 is 4.39 Å². The van der Waals surface area contributed by atoms with Crippen LogP contribution in [0.4, 0.5) is 4.39 Å². The molecule has 222 valence electrons. The van der Waals surface area contributed by atoms with Gasteiger partial charge < -0.3 is 29.1 Å². The molecule has 1 unspecified atom stereocenters. The van der Waals surface area contributed by atoms with Gasteiger partial charge in [-0.25, -0.2) is 4.39 Å². The average molecular weight is 565 g/mol. The van der Waals surface area contributed by atoms with Gasteiger partial charge in [-0.05, 0) is 105 Å². The van der Waals surface area contributed by atoms with Gasteiger partial charge in [-0.15, -0.1) is 0 Å². The lowest BCUT2D eigenvalue weighted by atomic mass is 9.78. The number of allylic oxidation sites excluding steroid dienone is 4. The zero-order chi connectivity index (χ0) is 29.4. The molecule has 7 heteroatoms. The summed E-state index contributed by atoms with van der Waals surface area (Å²) >= 11 is 0. The Kier molecular flexibility index (Phi) is 10.9. The van der Waals surface area contributed by atoms with Gasteiger partial charge in [0.1, 0.15) is 18.1 Å². The summed E-state index contributed by atoms with van der Waals surface area (Å²) in [6.07, 6.45) is 10.1. The summed E-state index contributed by atoms with van der Waals surface area (Å²) in [5.74, 6) is 1.44. The number of fused-ring (bicyclic) bond motifs is 1. The topological polar surface area (TPSA) is 54.4 Å². The van der Waals surface area contributed by atoms with Gasteiger partial charge in [0.25, 0.3) is 0 Å². The second-order valence-corrected chi connectivity index (χ2v) is 11.3. The van der Waals surface area contributed by atoms with Gasteiger partial charge in [-0.3, -0.25) is 0 Å². The molecule has 0 spiro atoms. The Labute approximate surface area is 244 Å². The van der Waals surface area contributed by atoms with Gasteiger partial charge in [0.15, 0.2) is 11.6 Å². The number of phenols is 1. The Balaban J connectivity index is 1.56. The number of rotatable bonds is 13. The third kappa shape index (κ3) is 8.14. The highest BCUT2D eigenvalue weighted by Crippen LogP contribution is 2.38. The van der Waals surface area contributed by atoms with Crippen LogP contribution in [0.15, 0.2) is 71.7 Å². The molecule has 0 radical (unpaired) electrons. The third-order valence-electron chi connectivity index (χ3n) is 8.06. The van der Waals surface area contributed by atoms with Crippen molar-refractivity contribution in [3.8, 4) is 11.5 Å². The minimum atomic E-state index is -0.345. The maximum atomic E-state index is 15.1. The summed E-state index contributed by atoms with van der Waals surface area (Å²) in [5.41, 5.74) is 5.95. The number of hydrogen-bond acceptors (Lipinski definition) is 6. The number of methoxy groups -OCH3 is 2. The van der Waals surface area contributed by atoms with Crippen molar-refractivity contribution in [3.63, 3.8) is 0 Å². The van der Waals surface area contributed by atoms with E-state index in [9.17, 15) is 5.11 Å². The molecule has 0 heterocycles. The molecule has 0 saturated heterocycles. The summed E-state index contributed by atoms with van der Waals surface area (Å²) < 4.78 is 31.7. The molecule has 1 N–H and O–H groups in total. The van der Waals surface area contributed by atoms with Gasteiger partial charge in [-0.2, -0.15) is 0 Å². The molecule has 2 aromatic carbocycles. The van der Waals surface area contributed by atoms with E-state index in [1.54, 1.807) is 32.4 Å². The van der Waals surface area contributed by atoms with E-state index in [0.717, 1.165) is 49.2 Å². The third-order valence-corrected chi connectivity index (χ3v) is 8.06. The van der Waals surface area contributed by atoms with Gasteiger partial charge in [0, 0.05) is 44.6 Å². The summed E-state index contributed by atoms with van der Waals surface area (Å²) in [7, 11) is 5.38. The van der Waals surface area contributed by atoms with Crippen molar-refractivity contribution in [2.45, 2.75) is 52.1 Å². The number of nitrogens with zero attached hydrogens (tertiary/aromatic N) is 2. The van der Waals surface area contributed by atoms with E-state index in [0.29, 0.717) is 38.0 Å². The molecule has 2 aliphatic rings. The normalized spacial score (nSPS) is 17.0. The minimum absolute atomic E-state index is 0.182. The Hall–Kier alpha value is -3.29. The first-order valence-corrected chi connectivity index (χ1v) is 14.6. The number of aromatic hydroxyl groups is 1. The molecule has 0 fully saturated rings. The van der Waals surface area contributed by atoms with Gasteiger partial charge in [0.2, 0.25) is 0 Å². The van der Waals surface area contributed by atoms with Gasteiger partial charge in [-0.1, -0.05) is 18.2 Å². The number of phenolic OH excluding ortho intramolecular Hbond substituents is 1. The monoisotopic (exact) mass is 564 g/mol. The minimum Gasteiger partial charge on any atom is -0.508 e. The Morgan fingerprint density at radius 1 is 1.05 bits per heavy atom. The molecule has 2 aromatic rings. The number of hydrogen-bond donors (Lipinski definition) is 1. The molecular weight excluding hydrogens is 519 g/mol. The predicted octanol–water partition coefficient (Wildman–Crippen LogP) is 6.25. The lowest BCUT2D eigenvalue weighted by molar-refractivity contribution is 0.149. The molecule has 6 nitrogen and oxygen atoms in total. The van der Waals surface area contributed by atoms with Crippen LogP contribution < -0.4 is 4.74 Å². The highest BCUT2D eigenvalue weighted by molar-refractivity contribution is 5.42. The zero-order valence-electron chi connectivity index (χ0n) is 25.2. The molecule has 0 aromatic heterocycles. The van der Waals surface area contributed by atoms with Crippen molar-refractivity contribution in [1.82, 2.24) is 9.80 Å². The number of likely N-dealkylation sites (N-methyl/N-ethyl adjacent to an activating group) is 1. The van der Waals surface area contributed by atoms with Gasteiger partial charge >= 0.3 is 0 Å². The standard InChI is InChI=1S/C34H45FN2O4/c1-24(2)37(23-25-9-14-34(32(35)19-25)41-18-16-36(3)15-17-39-4)33-22-30(40-5)7-6-8-31(33)28-11-10-27-21-29(38)13-12-26(27)20-28/h6-7,9,12-14,19,21-22,24,28,38H,8,10-11,15-18,20,23H2,1-5H3. The molecule has 1 atom stereocenters. The maximum absolute atomic E-state index is 15.1. The molecule has 2 aliphatic carbocycles. The Bertz CT molecular complexity index is 1270. The summed E-state index contributed by atoms with van der Waals surface area (Å²) in [5, 5.41) is 9.95. The second kappa shape index (κ2) is 14.6. The van der Waals surface area contributed by atoms with E-state index in [4.69, 9.17) is 14.2 Å². The summed E-state index contributed by atoms with van der Waals surface area (Å²) in [6, 6.07) is 11.2. The fraction of sp³-hybridized carbons (Fsp3) is 0.471. The highest BCUT2D eigenvalue weighted by Gasteiger charge is 2.27. The number of ether oxygens (including phenoxy) is 3. The largest absolute Gasteiger partial charge is 0.508 e. The predicted molar refractivity (Wildman–Crippen MR) is 161 cm³/mol. The van der Waals surface area contributed by atoms with Crippen molar-refractivity contribution >= 4 is 0 Å². The molecule has 41 heavy (non-hydrogen) atoms. The van der Waals surface area contributed by atoms with E-state index in [2.05, 4.69) is 41.9 Å². The molecule has 4 rings (SSSR count). The fourth-order valence-corrected chi connectivity index (χ4v) is 5.66. The van der Waals surface area contributed by atoms with Crippen molar-refractivity contribution in [2.75, 3.05) is 47.6 Å². The van der Waals surface area contributed by atoms with Crippen LogP contribution in [0.5, 0.6) is 11.5 Å². The summed E-state index contributed by atoms with van der Waals surface area (Å²) in [4.78, 5) is 4.45. The van der Waals surface area contributed by atoms with E-state index in [1.165, 1.54) is 16.7 Å². The smallest absolute Gasteiger partial charge is 0.165 e. The van der Waals surface area contributed by atoms with Crippen molar-refractivity contribution < 1.29 is 23.7 Å². The molecule has 0 bridgehead atoms. The lowest BCUT2D eigenvalue weighted by Crippen LogP contribution is -2.32. The Morgan fingerprint density at radius 2 is 1.85 bits per heavy atom. The maximum Gasteiger partial charge on any atom is 0.165 e. The zero-order valence-corrected chi connectivity index (χ0v) is 25.2. The number of benzene rings is 2. The molecule has 0 amide bonds. The fourth-order valence-electron chi connectivity index (χ4n) is 5.66. The lowest BCUT2D eigenvalue weighted by Gasteiger charge is -2.35. The second-order valence-electron chi connectivity index (χ2n) is 11.3.